The molecule has 1 aromatic heterocycles. The number of amides is 1. The third-order valence-corrected chi connectivity index (χ3v) is 6.05. The van der Waals surface area contributed by atoms with E-state index >= 15 is 0 Å². The lowest BCUT2D eigenvalue weighted by molar-refractivity contribution is 0.0833. The Labute approximate surface area is 129 Å². The molecule has 1 saturated carbocycles. The number of hydrogen-bond acceptors (Lipinski definition) is 5. The van der Waals surface area contributed by atoms with E-state index in [0.29, 0.717) is 16.0 Å². The highest BCUT2D eigenvalue weighted by Crippen LogP contribution is 2.44. The Morgan fingerprint density at radius 1 is 1.50 bits per heavy atom. The van der Waals surface area contributed by atoms with E-state index in [2.05, 4.69) is 12.2 Å². The number of anilines is 2. The number of thiophene rings is 1. The molecule has 20 heavy (non-hydrogen) atoms. The number of nitrogen functional groups attached to an aromatic ring is 1. The van der Waals surface area contributed by atoms with Crippen LogP contribution >= 0.6 is 23.1 Å². The SMILES string of the molecule is CSc1c(NCC2(C)CCC2)sc(C(=O)N(C)C)c1N. The molecular weight excluding hydrogens is 290 g/mol. The highest BCUT2D eigenvalue weighted by atomic mass is 32.2. The Balaban J connectivity index is 2.19. The molecule has 0 saturated heterocycles. The van der Waals surface area contributed by atoms with Crippen molar-refractivity contribution in [1.29, 1.82) is 0 Å². The molecule has 1 heterocycles. The Morgan fingerprint density at radius 3 is 2.60 bits per heavy atom. The molecule has 1 aromatic rings. The Bertz CT molecular complexity index is 507. The normalized spacial score (nSPS) is 16.6. The first-order valence-corrected chi connectivity index (χ1v) is 8.84. The van der Waals surface area contributed by atoms with Gasteiger partial charge in [0.15, 0.2) is 0 Å². The zero-order valence-electron chi connectivity index (χ0n) is 12.6. The van der Waals surface area contributed by atoms with E-state index in [-0.39, 0.29) is 5.91 Å². The molecule has 6 heteroatoms. The predicted octanol–water partition coefficient (Wildman–Crippen LogP) is 3.36. The van der Waals surface area contributed by atoms with Gasteiger partial charge in [-0.2, -0.15) is 0 Å². The molecule has 0 aliphatic heterocycles. The first-order valence-electron chi connectivity index (χ1n) is 6.80. The van der Waals surface area contributed by atoms with Crippen LogP contribution in [0.25, 0.3) is 0 Å². The van der Waals surface area contributed by atoms with Gasteiger partial charge in [0.25, 0.3) is 5.91 Å². The van der Waals surface area contributed by atoms with Crippen molar-refractivity contribution in [2.45, 2.75) is 31.1 Å². The van der Waals surface area contributed by atoms with Crippen LogP contribution in [0.15, 0.2) is 4.90 Å². The Hall–Kier alpha value is -0.880. The van der Waals surface area contributed by atoms with E-state index in [1.807, 2.05) is 6.26 Å². The second kappa shape index (κ2) is 5.85. The molecule has 0 aromatic carbocycles. The van der Waals surface area contributed by atoms with Crippen LogP contribution in [0.5, 0.6) is 0 Å². The van der Waals surface area contributed by atoms with Gasteiger partial charge in [-0.15, -0.1) is 23.1 Å². The Morgan fingerprint density at radius 2 is 2.15 bits per heavy atom. The fourth-order valence-electron chi connectivity index (χ4n) is 2.36. The van der Waals surface area contributed by atoms with E-state index in [4.69, 9.17) is 5.73 Å². The van der Waals surface area contributed by atoms with Crippen LogP contribution in [-0.4, -0.2) is 37.7 Å². The summed E-state index contributed by atoms with van der Waals surface area (Å²) in [4.78, 5) is 15.3. The summed E-state index contributed by atoms with van der Waals surface area (Å²) in [7, 11) is 3.51. The zero-order valence-corrected chi connectivity index (χ0v) is 14.2. The molecule has 112 valence electrons. The highest BCUT2D eigenvalue weighted by molar-refractivity contribution is 7.99. The fraction of sp³-hybridized carbons (Fsp3) is 0.643. The maximum Gasteiger partial charge on any atom is 0.265 e. The number of rotatable bonds is 5. The minimum atomic E-state index is -0.0225. The Kier molecular flexibility index (Phi) is 4.54. The van der Waals surface area contributed by atoms with Gasteiger partial charge in [-0.05, 0) is 24.5 Å². The third kappa shape index (κ3) is 2.91. The molecule has 3 N–H and O–H groups in total. The quantitative estimate of drug-likeness (QED) is 0.818. The average Bonchev–Trinajstić information content (AvgIpc) is 2.69. The summed E-state index contributed by atoms with van der Waals surface area (Å²) >= 11 is 3.07. The van der Waals surface area contributed by atoms with Crippen LogP contribution in [-0.2, 0) is 0 Å². The smallest absolute Gasteiger partial charge is 0.265 e. The lowest BCUT2D eigenvalue weighted by Crippen LogP contribution is -2.33. The second-order valence-corrected chi connectivity index (χ2v) is 7.76. The summed E-state index contributed by atoms with van der Waals surface area (Å²) in [5.41, 5.74) is 7.16. The maximum absolute atomic E-state index is 12.1. The van der Waals surface area contributed by atoms with Crippen molar-refractivity contribution in [3.05, 3.63) is 4.88 Å². The zero-order chi connectivity index (χ0) is 14.9. The van der Waals surface area contributed by atoms with Crippen molar-refractivity contribution in [3.8, 4) is 0 Å². The first kappa shape index (κ1) is 15.5. The van der Waals surface area contributed by atoms with Crippen LogP contribution in [0.4, 0.5) is 10.7 Å². The predicted molar refractivity (Wildman–Crippen MR) is 89.0 cm³/mol. The van der Waals surface area contributed by atoms with E-state index in [0.717, 1.165) is 16.4 Å². The van der Waals surface area contributed by atoms with E-state index < -0.39 is 0 Å². The van der Waals surface area contributed by atoms with Crippen molar-refractivity contribution in [2.24, 2.45) is 5.41 Å². The van der Waals surface area contributed by atoms with Gasteiger partial charge in [-0.1, -0.05) is 13.3 Å². The van der Waals surface area contributed by atoms with Gasteiger partial charge in [0, 0.05) is 20.6 Å². The second-order valence-electron chi connectivity index (χ2n) is 5.92. The van der Waals surface area contributed by atoms with Crippen LogP contribution < -0.4 is 11.1 Å². The van der Waals surface area contributed by atoms with Gasteiger partial charge in [0.1, 0.15) is 9.88 Å². The van der Waals surface area contributed by atoms with E-state index in [1.54, 1.807) is 30.8 Å². The topological polar surface area (TPSA) is 58.4 Å². The van der Waals surface area contributed by atoms with Crippen molar-refractivity contribution < 1.29 is 4.79 Å². The van der Waals surface area contributed by atoms with Gasteiger partial charge < -0.3 is 16.0 Å². The highest BCUT2D eigenvalue weighted by Gasteiger charge is 2.32. The number of carbonyl (C=O) groups excluding carboxylic acids is 1. The van der Waals surface area contributed by atoms with Crippen molar-refractivity contribution in [1.82, 2.24) is 4.90 Å². The monoisotopic (exact) mass is 313 g/mol. The minimum Gasteiger partial charge on any atom is -0.396 e. The maximum atomic E-state index is 12.1. The average molecular weight is 313 g/mol. The van der Waals surface area contributed by atoms with E-state index in [9.17, 15) is 4.79 Å². The number of nitrogens with zero attached hydrogens (tertiary/aromatic N) is 1. The molecule has 0 unspecified atom stereocenters. The summed E-state index contributed by atoms with van der Waals surface area (Å²) in [6, 6.07) is 0. The van der Waals surface area contributed by atoms with Crippen LogP contribution in [0, 0.1) is 5.41 Å². The van der Waals surface area contributed by atoms with Gasteiger partial charge in [0.2, 0.25) is 0 Å². The summed E-state index contributed by atoms with van der Waals surface area (Å²) in [5.74, 6) is -0.0225. The molecule has 0 bridgehead atoms. The number of hydrogen-bond donors (Lipinski definition) is 2. The van der Waals surface area contributed by atoms with Gasteiger partial charge >= 0.3 is 0 Å². The van der Waals surface area contributed by atoms with Crippen molar-refractivity contribution in [3.63, 3.8) is 0 Å². The number of nitrogens with one attached hydrogen (secondary N) is 1. The molecule has 0 atom stereocenters. The third-order valence-electron chi connectivity index (χ3n) is 3.94. The van der Waals surface area contributed by atoms with Gasteiger partial charge in [-0.25, -0.2) is 0 Å². The van der Waals surface area contributed by atoms with Gasteiger partial charge in [-0.3, -0.25) is 4.79 Å². The molecule has 1 aliphatic carbocycles. The molecule has 0 radical (unpaired) electrons. The standard InChI is InChI=1S/C14H23N3OS2/c1-14(6-5-7-14)8-16-12-10(19-4)9(15)11(20-12)13(18)17(2)3/h16H,5-8,15H2,1-4H3. The number of nitrogens with two attached hydrogens (primary N) is 1. The number of thioether (sulfide) groups is 1. The van der Waals surface area contributed by atoms with Crippen molar-refractivity contribution >= 4 is 39.7 Å². The lowest BCUT2D eigenvalue weighted by atomic mass is 9.70. The van der Waals surface area contributed by atoms with Gasteiger partial charge in [0.05, 0.1) is 10.6 Å². The van der Waals surface area contributed by atoms with E-state index in [1.165, 1.54) is 30.6 Å². The van der Waals surface area contributed by atoms with Crippen molar-refractivity contribution in [2.75, 3.05) is 37.9 Å². The molecule has 1 amide bonds. The van der Waals surface area contributed by atoms with Crippen LogP contribution in [0.1, 0.15) is 35.9 Å². The number of carbonyl (C=O) groups is 1. The largest absolute Gasteiger partial charge is 0.396 e. The minimum absolute atomic E-state index is 0.0225. The summed E-state index contributed by atoms with van der Waals surface area (Å²) in [6.07, 6.45) is 5.88. The molecule has 0 spiro atoms. The fourth-order valence-corrected chi connectivity index (χ4v) is 4.41. The summed E-state index contributed by atoms with van der Waals surface area (Å²) < 4.78 is 0. The molecule has 1 fully saturated rings. The summed E-state index contributed by atoms with van der Waals surface area (Å²) in [6.45, 7) is 3.27. The molecule has 1 aliphatic rings. The van der Waals surface area contributed by atoms with Crippen LogP contribution in [0.2, 0.25) is 0 Å². The molecular formula is C14H23N3OS2. The molecule has 2 rings (SSSR count). The van der Waals surface area contributed by atoms with Crippen LogP contribution in [0.3, 0.4) is 0 Å². The molecule has 4 nitrogen and oxygen atoms in total. The lowest BCUT2D eigenvalue weighted by Gasteiger charge is -2.38. The first-order chi connectivity index (χ1) is 9.38. The summed E-state index contributed by atoms with van der Waals surface area (Å²) in [5, 5.41) is 4.54.